The summed E-state index contributed by atoms with van der Waals surface area (Å²) in [5.74, 6) is 0.869. The summed E-state index contributed by atoms with van der Waals surface area (Å²) in [5, 5.41) is 5.32. The molecule has 0 aromatic carbocycles. The number of ether oxygens (including phenoxy) is 1. The molecule has 1 aromatic heterocycles. The van der Waals surface area contributed by atoms with E-state index in [2.05, 4.69) is 19.2 Å². The summed E-state index contributed by atoms with van der Waals surface area (Å²) in [4.78, 5) is 15.3. The van der Waals surface area contributed by atoms with Gasteiger partial charge in [-0.2, -0.15) is 0 Å². The second-order valence-electron chi connectivity index (χ2n) is 5.20. The fourth-order valence-corrected chi connectivity index (χ4v) is 3.17. The molecule has 1 amide bonds. The average Bonchev–Trinajstić information content (AvgIpc) is 3.05. The quantitative estimate of drug-likeness (QED) is 0.901. The lowest BCUT2D eigenvalue weighted by atomic mass is 10.2. The van der Waals surface area contributed by atoms with Crippen molar-refractivity contribution in [2.24, 2.45) is 0 Å². The summed E-state index contributed by atoms with van der Waals surface area (Å²) in [6.07, 6.45) is 2.36. The van der Waals surface area contributed by atoms with E-state index in [-0.39, 0.29) is 11.9 Å². The lowest BCUT2D eigenvalue weighted by Gasteiger charge is -2.29. The predicted molar refractivity (Wildman–Crippen MR) is 78.1 cm³/mol. The van der Waals surface area contributed by atoms with Gasteiger partial charge in [-0.1, -0.05) is 0 Å². The van der Waals surface area contributed by atoms with E-state index >= 15 is 0 Å². The van der Waals surface area contributed by atoms with Gasteiger partial charge < -0.3 is 15.0 Å². The van der Waals surface area contributed by atoms with E-state index in [9.17, 15) is 4.79 Å². The van der Waals surface area contributed by atoms with E-state index in [1.807, 2.05) is 16.3 Å². The molecule has 1 aliphatic heterocycles. The van der Waals surface area contributed by atoms with Crippen molar-refractivity contribution in [3.8, 4) is 5.75 Å². The fourth-order valence-electron chi connectivity index (χ4n) is 2.36. The van der Waals surface area contributed by atoms with Crippen LogP contribution in [-0.2, 0) is 0 Å². The first-order valence-electron chi connectivity index (χ1n) is 6.78. The Morgan fingerprint density at radius 3 is 2.95 bits per heavy atom. The lowest BCUT2D eigenvalue weighted by Crippen LogP contribution is -2.44. The minimum Gasteiger partial charge on any atom is -0.496 e. The molecule has 2 rings (SSSR count). The second-order valence-corrected chi connectivity index (χ2v) is 6.11. The van der Waals surface area contributed by atoms with Crippen molar-refractivity contribution in [3.63, 3.8) is 0 Å². The highest BCUT2D eigenvalue weighted by atomic mass is 32.1. The molecule has 0 radical (unpaired) electrons. The molecule has 106 valence electrons. The molecule has 4 nitrogen and oxygen atoms in total. The first kappa shape index (κ1) is 14.3. The minimum absolute atomic E-state index is 0.108. The zero-order valence-electron chi connectivity index (χ0n) is 11.8. The zero-order chi connectivity index (χ0) is 13.8. The van der Waals surface area contributed by atoms with Gasteiger partial charge in [0, 0.05) is 30.1 Å². The predicted octanol–water partition coefficient (Wildman–Crippen LogP) is 2.36. The van der Waals surface area contributed by atoms with E-state index in [0.29, 0.717) is 6.04 Å². The van der Waals surface area contributed by atoms with Gasteiger partial charge in [-0.25, -0.2) is 0 Å². The molecule has 0 spiro atoms. The van der Waals surface area contributed by atoms with E-state index in [1.54, 1.807) is 7.11 Å². The molecular weight excluding hydrogens is 260 g/mol. The van der Waals surface area contributed by atoms with Crippen LogP contribution in [0, 0.1) is 0 Å². The number of hydrogen-bond acceptors (Lipinski definition) is 4. The molecular formula is C14H22N2O2S. The van der Waals surface area contributed by atoms with Gasteiger partial charge in [0.1, 0.15) is 5.75 Å². The smallest absolute Gasteiger partial charge is 0.264 e. The monoisotopic (exact) mass is 282 g/mol. The first-order valence-corrected chi connectivity index (χ1v) is 7.66. The Morgan fingerprint density at radius 1 is 1.63 bits per heavy atom. The summed E-state index contributed by atoms with van der Waals surface area (Å²) in [6, 6.07) is 2.47. The number of thiophene rings is 1. The Balaban J connectivity index is 2.06. The van der Waals surface area contributed by atoms with Crippen molar-refractivity contribution in [3.05, 3.63) is 16.3 Å². The van der Waals surface area contributed by atoms with Gasteiger partial charge in [0.2, 0.25) is 0 Å². The highest BCUT2D eigenvalue weighted by Crippen LogP contribution is 2.23. The van der Waals surface area contributed by atoms with Gasteiger partial charge >= 0.3 is 0 Å². The standard InChI is InChI=1S/C14H22N2O2S/c1-10(2)16(8-11-5-4-6-15-11)14(17)13-7-12(18-3)9-19-13/h7,9-11,15H,4-6,8H2,1-3H3. The van der Waals surface area contributed by atoms with Crippen LogP contribution in [0.4, 0.5) is 0 Å². The molecule has 1 fully saturated rings. The minimum atomic E-state index is 0.108. The number of hydrogen-bond donors (Lipinski definition) is 1. The highest BCUT2D eigenvalue weighted by Gasteiger charge is 2.25. The molecule has 0 saturated carbocycles. The molecule has 5 heteroatoms. The normalized spacial score (nSPS) is 18.8. The number of carbonyl (C=O) groups is 1. The van der Waals surface area contributed by atoms with E-state index in [1.165, 1.54) is 17.8 Å². The summed E-state index contributed by atoms with van der Waals surface area (Å²) in [5.41, 5.74) is 0. The maximum atomic E-state index is 12.6. The molecule has 1 unspecified atom stereocenters. The highest BCUT2D eigenvalue weighted by molar-refractivity contribution is 7.12. The number of nitrogens with one attached hydrogen (secondary N) is 1. The van der Waals surface area contributed by atoms with Gasteiger partial charge in [-0.05, 0) is 33.2 Å². The van der Waals surface area contributed by atoms with Crippen molar-refractivity contribution in [2.45, 2.75) is 38.8 Å². The van der Waals surface area contributed by atoms with E-state index in [4.69, 9.17) is 4.74 Å². The summed E-state index contributed by atoms with van der Waals surface area (Å²) < 4.78 is 5.15. The number of nitrogens with zero attached hydrogens (tertiary/aromatic N) is 1. The molecule has 19 heavy (non-hydrogen) atoms. The molecule has 1 saturated heterocycles. The maximum absolute atomic E-state index is 12.6. The van der Waals surface area contributed by atoms with Crippen LogP contribution in [0.1, 0.15) is 36.4 Å². The SMILES string of the molecule is COc1csc(C(=O)N(CC2CCCN2)C(C)C)c1. The van der Waals surface area contributed by atoms with Gasteiger partial charge in [0.15, 0.2) is 0 Å². The Morgan fingerprint density at radius 2 is 2.42 bits per heavy atom. The number of methoxy groups -OCH3 is 1. The Hall–Kier alpha value is -1.07. The van der Waals surface area contributed by atoms with Crippen molar-refractivity contribution < 1.29 is 9.53 Å². The Labute approximate surface area is 118 Å². The zero-order valence-corrected chi connectivity index (χ0v) is 12.6. The van der Waals surface area contributed by atoms with Crippen molar-refractivity contribution in [1.82, 2.24) is 10.2 Å². The summed E-state index contributed by atoms with van der Waals surface area (Å²) in [6.45, 7) is 5.99. The third-order valence-electron chi connectivity index (χ3n) is 3.49. The third-order valence-corrected chi connectivity index (χ3v) is 4.38. The first-order chi connectivity index (χ1) is 9.11. The Bertz CT molecular complexity index is 425. The van der Waals surface area contributed by atoms with Crippen LogP contribution >= 0.6 is 11.3 Å². The Kier molecular flexibility index (Phi) is 4.82. The molecule has 0 bridgehead atoms. The second kappa shape index (κ2) is 6.39. The molecule has 0 aliphatic carbocycles. The van der Waals surface area contributed by atoms with Crippen LogP contribution in [-0.4, -0.2) is 43.1 Å². The van der Waals surface area contributed by atoms with Crippen molar-refractivity contribution in [2.75, 3.05) is 20.2 Å². The van der Waals surface area contributed by atoms with E-state index < -0.39 is 0 Å². The van der Waals surface area contributed by atoms with E-state index in [0.717, 1.165) is 30.1 Å². The van der Waals surface area contributed by atoms with Gasteiger partial charge in [0.25, 0.3) is 5.91 Å². The molecule has 1 aromatic rings. The average molecular weight is 282 g/mol. The van der Waals surface area contributed by atoms with Crippen LogP contribution in [0.3, 0.4) is 0 Å². The molecule has 2 heterocycles. The van der Waals surface area contributed by atoms with Crippen LogP contribution in [0.5, 0.6) is 5.75 Å². The van der Waals surface area contributed by atoms with Crippen LogP contribution < -0.4 is 10.1 Å². The number of amides is 1. The van der Waals surface area contributed by atoms with Crippen LogP contribution in [0.25, 0.3) is 0 Å². The van der Waals surface area contributed by atoms with Crippen molar-refractivity contribution in [1.29, 1.82) is 0 Å². The van der Waals surface area contributed by atoms with Gasteiger partial charge in [0.05, 0.1) is 12.0 Å². The molecule has 1 N–H and O–H groups in total. The summed E-state index contributed by atoms with van der Waals surface area (Å²) in [7, 11) is 1.62. The fraction of sp³-hybridized carbons (Fsp3) is 0.643. The van der Waals surface area contributed by atoms with Gasteiger partial charge in [-0.3, -0.25) is 4.79 Å². The third kappa shape index (κ3) is 3.48. The van der Waals surface area contributed by atoms with Crippen LogP contribution in [0.2, 0.25) is 0 Å². The topological polar surface area (TPSA) is 41.6 Å². The largest absolute Gasteiger partial charge is 0.496 e. The lowest BCUT2D eigenvalue weighted by molar-refractivity contribution is 0.0694. The van der Waals surface area contributed by atoms with Crippen molar-refractivity contribution >= 4 is 17.2 Å². The number of rotatable bonds is 5. The maximum Gasteiger partial charge on any atom is 0.264 e. The van der Waals surface area contributed by atoms with Crippen LogP contribution in [0.15, 0.2) is 11.4 Å². The molecule has 1 aliphatic rings. The molecule has 1 atom stereocenters. The number of carbonyl (C=O) groups excluding carboxylic acids is 1. The van der Waals surface area contributed by atoms with Gasteiger partial charge in [-0.15, -0.1) is 11.3 Å². The summed E-state index contributed by atoms with van der Waals surface area (Å²) >= 11 is 1.45.